The normalized spacial score (nSPS) is 13.0. The van der Waals surface area contributed by atoms with Crippen LogP contribution in [0.2, 0.25) is 5.02 Å². The Morgan fingerprint density at radius 2 is 0.560 bits per heavy atom. The lowest BCUT2D eigenvalue weighted by atomic mass is 9.33. The molecule has 12 aromatic rings. The Kier molecular flexibility index (Phi) is 24.2. The van der Waals surface area contributed by atoms with Crippen LogP contribution in [0, 0.1) is 27.7 Å². The molecule has 1 atom stereocenters. The van der Waals surface area contributed by atoms with Crippen LogP contribution < -0.4 is 36.0 Å². The zero-order chi connectivity index (χ0) is 82.6. The molecule has 1 unspecified atom stereocenters. The molecule has 0 aromatic heterocycles. The first-order valence-electron chi connectivity index (χ1n) is 41.4. The van der Waals surface area contributed by atoms with Gasteiger partial charge in [-0.3, -0.25) is 0 Å². The average Bonchev–Trinajstić information content (AvgIpc) is 0.694. The second-order valence-electron chi connectivity index (χ2n) is 41.0. The minimum Gasteiger partial charge on any atom is -0.311 e. The highest BCUT2D eigenvalue weighted by molar-refractivity contribution is 7.00. The molecule has 0 bridgehead atoms. The van der Waals surface area contributed by atoms with E-state index in [0.717, 1.165) is 34.1 Å². The van der Waals surface area contributed by atoms with Gasteiger partial charge in [0, 0.05) is 56.6 Å². The molecule has 0 amide bonds. The highest BCUT2D eigenvalue weighted by Crippen LogP contribution is 2.53. The number of halogens is 1. The number of hydrogen-bond donors (Lipinski definition) is 0. The Morgan fingerprint density at radius 3 is 0.948 bits per heavy atom. The summed E-state index contributed by atoms with van der Waals surface area (Å²) >= 11 is 7.88. The summed E-state index contributed by atoms with van der Waals surface area (Å²) in [5.74, 6) is 0. The Morgan fingerprint density at radius 1 is 0.267 bits per heavy atom. The Bertz CT molecular complexity index is 5480. The minimum atomic E-state index is -0.0333. The quantitative estimate of drug-likeness (QED) is 0.0999. The molecular weight excluding hydrogens is 1440 g/mol. The summed E-state index contributed by atoms with van der Waals surface area (Å²) in [7, 11) is 0. The molecule has 12 aromatic carbocycles. The molecule has 602 valence electrons. The van der Waals surface area contributed by atoms with E-state index in [0.29, 0.717) is 5.02 Å². The molecule has 2 aliphatic heterocycles. The maximum atomic E-state index is 7.88. The molecule has 14 rings (SSSR count). The first kappa shape index (κ1) is 87.5. The van der Waals surface area contributed by atoms with Gasteiger partial charge in [0.1, 0.15) is 0 Å². The number of benzene rings is 12. The molecule has 0 N–H and O–H groups in total. The number of hydrogen-bond acceptors (Lipinski definition) is 4. The van der Waals surface area contributed by atoms with Crippen LogP contribution >= 0.6 is 21.5 Å². The smallest absolute Gasteiger partial charge is 0.252 e. The predicted molar refractivity (Wildman–Crippen MR) is 519 cm³/mol. The standard InChI is InChI=1S/C54H61BN2.C54H63ClN2.CH4.H3P/c1-34-28-35(2)30-36(29-34)42-31-38(52(6,7)8)20-25-45(42)57-47-27-22-40(54(12,13)14)33-44(47)55-43-32-39(53(9,10)11)21-26-46(43)56(48-16-15-17-49(57)50(48)55)41-23-18-37(19-24-41)51(3,4)5;1-36-32-37(2)34-38(33-36)46-35-42(54(12,13)14)24-31-47(46)57(45-29-22-41(23-30-45)53(9,10)11)49-17-15-16-48(50(49)55)56(43-25-18-39(19-26-43)51(3,4)5)44-27-20-40(21-28-44)52(6,7)8;;/h15-33H,1-14H3;15-35H,1-14H3;1H4;1H3. The second kappa shape index (κ2) is 32.2. The van der Waals surface area contributed by atoms with Crippen LogP contribution in [0.25, 0.3) is 22.3 Å². The van der Waals surface area contributed by atoms with Crippen molar-refractivity contribution in [3.8, 4) is 22.3 Å². The lowest BCUT2D eigenvalue weighted by molar-refractivity contribution is 0.590. The highest BCUT2D eigenvalue weighted by Gasteiger charge is 2.45. The van der Waals surface area contributed by atoms with Gasteiger partial charge in [0.15, 0.2) is 0 Å². The van der Waals surface area contributed by atoms with Gasteiger partial charge in [-0.25, -0.2) is 0 Å². The predicted octanol–water partition coefficient (Wildman–Crippen LogP) is 30.7. The molecule has 116 heavy (non-hydrogen) atoms. The van der Waals surface area contributed by atoms with E-state index in [-0.39, 0.29) is 67.4 Å². The maximum Gasteiger partial charge on any atom is 0.252 e. The lowest BCUT2D eigenvalue weighted by Crippen LogP contribution is -2.61. The highest BCUT2D eigenvalue weighted by atomic mass is 35.5. The van der Waals surface area contributed by atoms with Gasteiger partial charge in [0.05, 0.1) is 27.8 Å². The number of aryl methyl sites for hydroxylation is 4. The largest absolute Gasteiger partial charge is 0.311 e. The van der Waals surface area contributed by atoms with Gasteiger partial charge in [-0.15, -0.1) is 0 Å². The van der Waals surface area contributed by atoms with E-state index >= 15 is 0 Å². The third-order valence-electron chi connectivity index (χ3n) is 23.4. The fraction of sp³-hybridized carbons (Fsp3) is 0.339. The summed E-state index contributed by atoms with van der Waals surface area (Å²) in [6.07, 6.45) is 0. The molecule has 0 saturated heterocycles. The first-order valence-corrected chi connectivity index (χ1v) is 41.8. The first-order chi connectivity index (χ1) is 53.1. The van der Waals surface area contributed by atoms with Crippen molar-refractivity contribution in [2.75, 3.05) is 19.6 Å². The Balaban J connectivity index is 0.000000224. The van der Waals surface area contributed by atoms with Crippen molar-refractivity contribution in [1.29, 1.82) is 0 Å². The van der Waals surface area contributed by atoms with Crippen molar-refractivity contribution < 1.29 is 0 Å². The van der Waals surface area contributed by atoms with Crippen molar-refractivity contribution in [1.82, 2.24) is 0 Å². The zero-order valence-corrected chi connectivity index (χ0v) is 76.7. The third kappa shape index (κ3) is 17.9. The van der Waals surface area contributed by atoms with Crippen molar-refractivity contribution in [2.45, 2.75) is 245 Å². The molecule has 2 heterocycles. The fourth-order valence-corrected chi connectivity index (χ4v) is 17.0. The maximum absolute atomic E-state index is 7.88. The van der Waals surface area contributed by atoms with E-state index in [1.54, 1.807) is 0 Å². The molecular formula is C109H131BClN4P. The molecule has 0 spiro atoms. The molecule has 0 aliphatic carbocycles. The fourth-order valence-electron chi connectivity index (χ4n) is 16.7. The van der Waals surface area contributed by atoms with Gasteiger partial charge in [-0.2, -0.15) is 9.90 Å². The van der Waals surface area contributed by atoms with Crippen LogP contribution in [0.5, 0.6) is 0 Å². The topological polar surface area (TPSA) is 13.0 Å². The number of fused-ring (bicyclic) bond motifs is 4. The second-order valence-corrected chi connectivity index (χ2v) is 41.4. The van der Waals surface area contributed by atoms with E-state index in [2.05, 4.69) is 456 Å². The molecule has 0 saturated carbocycles. The Labute approximate surface area is 708 Å². The molecule has 2 aliphatic rings. The summed E-state index contributed by atoms with van der Waals surface area (Å²) in [4.78, 5) is 9.80. The summed E-state index contributed by atoms with van der Waals surface area (Å²) in [5.41, 5.74) is 38.1. The van der Waals surface area contributed by atoms with Gasteiger partial charge in [0.2, 0.25) is 0 Å². The van der Waals surface area contributed by atoms with Crippen molar-refractivity contribution in [3.63, 3.8) is 0 Å². The van der Waals surface area contributed by atoms with Gasteiger partial charge >= 0.3 is 0 Å². The summed E-state index contributed by atoms with van der Waals surface area (Å²) in [6.45, 7) is 63.9. The van der Waals surface area contributed by atoms with Gasteiger partial charge in [-0.1, -0.05) is 341 Å². The number of nitrogens with zero attached hydrogens (tertiary/aromatic N) is 4. The SMILES string of the molecule is C.Cc1cc(C)cc(-c2cc(C(C)(C)C)ccc2N(c2ccc(C(C)(C)C)cc2)c2cccc(N(c3ccc(C(C)(C)C)cc3)c3ccc(C(C)(C)C)cc3)c2Cl)c1.Cc1cc(C)cc(-c2cc(C(C)(C)C)ccc2N2c3ccc(C(C)(C)C)cc3B3c4cc(C(C)(C)C)ccc4N(c4ccc(C(C)(C)C)cc4)c4cccc2c43)c1.P. The zero-order valence-electron chi connectivity index (χ0n) is 74.5. The van der Waals surface area contributed by atoms with Crippen LogP contribution in [-0.4, -0.2) is 6.71 Å². The number of anilines is 12. The molecule has 4 nitrogen and oxygen atoms in total. The van der Waals surface area contributed by atoms with E-state index in [9.17, 15) is 0 Å². The lowest BCUT2D eigenvalue weighted by Gasteiger charge is -2.45. The monoisotopic (exact) mass is 1570 g/mol. The van der Waals surface area contributed by atoms with Crippen LogP contribution in [0.3, 0.4) is 0 Å². The molecule has 0 fully saturated rings. The summed E-state index contributed by atoms with van der Waals surface area (Å²) < 4.78 is 0. The van der Waals surface area contributed by atoms with Crippen LogP contribution in [0.4, 0.5) is 68.2 Å². The van der Waals surface area contributed by atoms with Gasteiger partial charge in [0.25, 0.3) is 6.71 Å². The van der Waals surface area contributed by atoms with E-state index in [1.807, 2.05) is 0 Å². The van der Waals surface area contributed by atoms with E-state index in [4.69, 9.17) is 11.6 Å². The van der Waals surface area contributed by atoms with Crippen LogP contribution in [0.15, 0.2) is 243 Å². The van der Waals surface area contributed by atoms with E-state index in [1.165, 1.54) is 140 Å². The number of rotatable bonds is 10. The molecule has 7 heteroatoms. The summed E-state index contributed by atoms with van der Waals surface area (Å²) in [6, 6.07) is 92.4. The minimum absolute atomic E-state index is 0. The van der Waals surface area contributed by atoms with Crippen molar-refractivity contribution >= 4 is 113 Å². The van der Waals surface area contributed by atoms with Crippen LogP contribution in [0.1, 0.15) is 240 Å². The van der Waals surface area contributed by atoms with Crippen LogP contribution in [-0.2, 0) is 43.3 Å². The van der Waals surface area contributed by atoms with Gasteiger partial charge < -0.3 is 19.6 Å². The van der Waals surface area contributed by atoms with E-state index < -0.39 is 0 Å². The Hall–Kier alpha value is -9.38. The average molecular weight is 1570 g/mol. The van der Waals surface area contributed by atoms with Crippen molar-refractivity contribution in [2.24, 2.45) is 0 Å². The van der Waals surface area contributed by atoms with Crippen molar-refractivity contribution in [3.05, 3.63) is 314 Å². The third-order valence-corrected chi connectivity index (χ3v) is 23.8. The summed E-state index contributed by atoms with van der Waals surface area (Å²) in [5, 5.41) is 0.670. The molecule has 0 radical (unpaired) electrons. The van der Waals surface area contributed by atoms with Gasteiger partial charge in [-0.05, 0) is 252 Å².